The summed E-state index contributed by atoms with van der Waals surface area (Å²) in [6.07, 6.45) is 0. The van der Waals surface area contributed by atoms with Crippen LogP contribution in [0, 0.1) is 0 Å². The van der Waals surface area contributed by atoms with Crippen LogP contribution >= 0.6 is 23.2 Å². The van der Waals surface area contributed by atoms with Crippen molar-refractivity contribution in [1.82, 2.24) is 10.6 Å². The van der Waals surface area contributed by atoms with Crippen LogP contribution in [0.25, 0.3) is 0 Å². The minimum Gasteiger partial charge on any atom is -0.454 e. The number of nitrogens with one attached hydrogen (secondary N) is 2. The summed E-state index contributed by atoms with van der Waals surface area (Å²) in [7, 11) is 0. The van der Waals surface area contributed by atoms with E-state index in [4.69, 9.17) is 27.9 Å². The smallest absolute Gasteiger partial charge is 0.325 e. The van der Waals surface area contributed by atoms with Crippen molar-refractivity contribution < 1.29 is 19.1 Å². The van der Waals surface area contributed by atoms with Crippen molar-refractivity contribution in [3.05, 3.63) is 69.7 Å². The molecule has 0 saturated heterocycles. The predicted octanol–water partition coefficient (Wildman–Crippen LogP) is 3.14. The van der Waals surface area contributed by atoms with Crippen molar-refractivity contribution in [2.24, 2.45) is 0 Å². The molecule has 27 heavy (non-hydrogen) atoms. The molecule has 2 aromatic carbocycles. The number of carbonyl (C=O) groups excluding carboxylic acids is 3. The highest BCUT2D eigenvalue weighted by atomic mass is 35.5. The van der Waals surface area contributed by atoms with Crippen LogP contribution in [-0.2, 0) is 14.3 Å². The quantitative estimate of drug-likeness (QED) is 0.689. The fourth-order valence-corrected chi connectivity index (χ4v) is 2.50. The maximum absolute atomic E-state index is 11.9. The van der Waals surface area contributed by atoms with Gasteiger partial charge < -0.3 is 15.4 Å². The fourth-order valence-electron chi connectivity index (χ4n) is 2.19. The molecule has 2 N–H and O–H groups in total. The maximum atomic E-state index is 11.9. The van der Waals surface area contributed by atoms with E-state index in [-0.39, 0.29) is 12.6 Å². The lowest BCUT2D eigenvalue weighted by Gasteiger charge is -2.15. The lowest BCUT2D eigenvalue weighted by Crippen LogP contribution is -2.34. The van der Waals surface area contributed by atoms with E-state index in [0.29, 0.717) is 15.6 Å². The first-order valence-corrected chi connectivity index (χ1v) is 8.85. The summed E-state index contributed by atoms with van der Waals surface area (Å²) in [5, 5.41) is 5.92. The largest absolute Gasteiger partial charge is 0.454 e. The van der Waals surface area contributed by atoms with Crippen molar-refractivity contribution in [3.63, 3.8) is 0 Å². The van der Waals surface area contributed by atoms with Crippen molar-refractivity contribution in [2.45, 2.75) is 13.0 Å². The zero-order valence-corrected chi connectivity index (χ0v) is 16.0. The van der Waals surface area contributed by atoms with Gasteiger partial charge in [0.1, 0.15) is 6.54 Å². The Balaban J connectivity index is 1.73. The lowest BCUT2D eigenvalue weighted by molar-refractivity contribution is -0.147. The van der Waals surface area contributed by atoms with E-state index in [1.165, 1.54) is 0 Å². The molecular formula is C19H18Cl2N2O4. The van der Waals surface area contributed by atoms with Gasteiger partial charge in [-0.05, 0) is 36.8 Å². The SMILES string of the molecule is CC(NC(=O)COC(=O)CNC(=O)c1ccccc1)c1ccc(Cl)c(Cl)c1. The summed E-state index contributed by atoms with van der Waals surface area (Å²) >= 11 is 11.8. The van der Waals surface area contributed by atoms with Crippen molar-refractivity contribution >= 4 is 41.0 Å². The molecule has 1 unspecified atom stereocenters. The zero-order chi connectivity index (χ0) is 19.8. The van der Waals surface area contributed by atoms with Crippen molar-refractivity contribution in [3.8, 4) is 0 Å². The molecule has 0 radical (unpaired) electrons. The highest BCUT2D eigenvalue weighted by Crippen LogP contribution is 2.25. The Morgan fingerprint density at radius 3 is 2.41 bits per heavy atom. The van der Waals surface area contributed by atoms with E-state index in [0.717, 1.165) is 5.56 Å². The predicted molar refractivity (Wildman–Crippen MR) is 103 cm³/mol. The van der Waals surface area contributed by atoms with Gasteiger partial charge in [-0.15, -0.1) is 0 Å². The molecule has 0 aliphatic heterocycles. The zero-order valence-electron chi connectivity index (χ0n) is 14.5. The molecule has 0 aliphatic carbocycles. The molecule has 8 heteroatoms. The fraction of sp³-hybridized carbons (Fsp3) is 0.211. The molecule has 142 valence electrons. The van der Waals surface area contributed by atoms with Crippen LogP contribution in [0.3, 0.4) is 0 Å². The van der Waals surface area contributed by atoms with Crippen molar-refractivity contribution in [1.29, 1.82) is 0 Å². The van der Waals surface area contributed by atoms with Crippen LogP contribution in [0.2, 0.25) is 10.0 Å². The first-order chi connectivity index (χ1) is 12.9. The molecule has 2 amide bonds. The summed E-state index contributed by atoms with van der Waals surface area (Å²) in [6, 6.07) is 13.1. The number of halogens is 2. The van der Waals surface area contributed by atoms with E-state index in [2.05, 4.69) is 10.6 Å². The third-order valence-corrected chi connectivity index (χ3v) is 4.35. The van der Waals surface area contributed by atoms with Gasteiger partial charge in [-0.2, -0.15) is 0 Å². The molecule has 0 bridgehead atoms. The van der Waals surface area contributed by atoms with E-state index < -0.39 is 24.4 Å². The van der Waals surface area contributed by atoms with E-state index in [1.54, 1.807) is 55.5 Å². The number of hydrogen-bond acceptors (Lipinski definition) is 4. The summed E-state index contributed by atoms with van der Waals surface area (Å²) in [6.45, 7) is 0.981. The average Bonchev–Trinajstić information content (AvgIpc) is 2.67. The second kappa shape index (κ2) is 9.94. The molecule has 0 fully saturated rings. The van der Waals surface area contributed by atoms with Gasteiger partial charge in [-0.1, -0.05) is 47.5 Å². The van der Waals surface area contributed by atoms with Crippen LogP contribution in [-0.4, -0.2) is 30.9 Å². The number of rotatable bonds is 7. The van der Waals surface area contributed by atoms with Crippen LogP contribution in [0.1, 0.15) is 28.9 Å². The molecule has 1 atom stereocenters. The van der Waals surface area contributed by atoms with Crippen LogP contribution < -0.4 is 10.6 Å². The second-order valence-electron chi connectivity index (χ2n) is 5.67. The normalized spacial score (nSPS) is 11.4. The molecule has 0 aliphatic rings. The van der Waals surface area contributed by atoms with Gasteiger partial charge in [0.15, 0.2) is 6.61 Å². The summed E-state index contributed by atoms with van der Waals surface area (Å²) < 4.78 is 4.86. The number of carbonyl (C=O) groups is 3. The summed E-state index contributed by atoms with van der Waals surface area (Å²) in [5.41, 5.74) is 1.19. The molecule has 6 nitrogen and oxygen atoms in total. The van der Waals surface area contributed by atoms with Gasteiger partial charge in [0.25, 0.3) is 11.8 Å². The monoisotopic (exact) mass is 408 g/mol. The molecule has 0 heterocycles. The first kappa shape index (κ1) is 20.7. The standard InChI is InChI=1S/C19H18Cl2N2O4/c1-12(14-7-8-15(20)16(21)9-14)23-17(24)11-27-18(25)10-22-19(26)13-5-3-2-4-6-13/h2-9,12H,10-11H2,1H3,(H,22,26)(H,23,24). The maximum Gasteiger partial charge on any atom is 0.325 e. The van der Waals surface area contributed by atoms with Gasteiger partial charge in [-0.25, -0.2) is 0 Å². The van der Waals surface area contributed by atoms with E-state index in [9.17, 15) is 14.4 Å². The molecule has 2 rings (SSSR count). The highest BCUT2D eigenvalue weighted by Gasteiger charge is 2.14. The minimum atomic E-state index is -0.711. The average molecular weight is 409 g/mol. The van der Waals surface area contributed by atoms with Gasteiger partial charge in [0.2, 0.25) is 0 Å². The summed E-state index contributed by atoms with van der Waals surface area (Å²) in [4.78, 5) is 35.4. The number of ether oxygens (including phenoxy) is 1. The Bertz CT molecular complexity index is 828. The summed E-state index contributed by atoms with van der Waals surface area (Å²) in [5.74, 6) is -1.59. The number of benzene rings is 2. The first-order valence-electron chi connectivity index (χ1n) is 8.10. The van der Waals surface area contributed by atoms with Crippen LogP contribution in [0.4, 0.5) is 0 Å². The highest BCUT2D eigenvalue weighted by molar-refractivity contribution is 6.42. The Hall–Kier alpha value is -2.57. The minimum absolute atomic E-state index is 0.330. The third-order valence-electron chi connectivity index (χ3n) is 3.61. The molecule has 2 aromatic rings. The molecule has 0 saturated carbocycles. The Kier molecular flexibility index (Phi) is 7.64. The number of hydrogen-bond donors (Lipinski definition) is 2. The van der Waals surface area contributed by atoms with Gasteiger partial charge in [0.05, 0.1) is 16.1 Å². The van der Waals surface area contributed by atoms with Crippen LogP contribution in [0.15, 0.2) is 48.5 Å². The molecule has 0 aromatic heterocycles. The Morgan fingerprint density at radius 2 is 1.74 bits per heavy atom. The van der Waals surface area contributed by atoms with Gasteiger partial charge in [-0.3, -0.25) is 14.4 Å². The van der Waals surface area contributed by atoms with Gasteiger partial charge in [0, 0.05) is 5.56 Å². The van der Waals surface area contributed by atoms with E-state index >= 15 is 0 Å². The third kappa shape index (κ3) is 6.58. The van der Waals surface area contributed by atoms with E-state index in [1.807, 2.05) is 0 Å². The van der Waals surface area contributed by atoms with Gasteiger partial charge >= 0.3 is 5.97 Å². The number of esters is 1. The molecular weight excluding hydrogens is 391 g/mol. The van der Waals surface area contributed by atoms with Crippen LogP contribution in [0.5, 0.6) is 0 Å². The lowest BCUT2D eigenvalue weighted by atomic mass is 10.1. The second-order valence-corrected chi connectivity index (χ2v) is 6.49. The molecule has 0 spiro atoms. The number of amides is 2. The Morgan fingerprint density at radius 1 is 1.04 bits per heavy atom. The Labute approximate surface area is 166 Å². The van der Waals surface area contributed by atoms with Crippen molar-refractivity contribution in [2.75, 3.05) is 13.2 Å². The topological polar surface area (TPSA) is 84.5 Å².